The van der Waals surface area contributed by atoms with E-state index >= 15 is 0 Å². The van der Waals surface area contributed by atoms with Crippen molar-refractivity contribution >= 4 is 21.8 Å². The largest absolute Gasteiger partial charge is 0.336 e. The zero-order valence-electron chi connectivity index (χ0n) is 12.5. The summed E-state index contributed by atoms with van der Waals surface area (Å²) in [6.45, 7) is 4.92. The van der Waals surface area contributed by atoms with Gasteiger partial charge in [0.2, 0.25) is 0 Å². The minimum Gasteiger partial charge on any atom is -0.336 e. The molecule has 2 rings (SSSR count). The van der Waals surface area contributed by atoms with Crippen molar-refractivity contribution in [1.29, 1.82) is 0 Å². The van der Waals surface area contributed by atoms with Crippen LogP contribution >= 0.6 is 15.9 Å². The number of pyridine rings is 1. The van der Waals surface area contributed by atoms with E-state index in [4.69, 9.17) is 0 Å². The van der Waals surface area contributed by atoms with Crippen molar-refractivity contribution in [3.8, 4) is 0 Å². The number of amides is 1. The van der Waals surface area contributed by atoms with E-state index in [0.717, 1.165) is 5.56 Å². The van der Waals surface area contributed by atoms with E-state index in [1.165, 1.54) is 5.56 Å². The molecule has 0 bridgehead atoms. The molecule has 0 aliphatic carbocycles. The van der Waals surface area contributed by atoms with E-state index in [9.17, 15) is 4.79 Å². The average Bonchev–Trinajstić information content (AvgIpc) is 2.47. The lowest BCUT2D eigenvalue weighted by atomic mass is 10.0. The number of rotatable bonds is 4. The number of carbonyl (C=O) groups excluding carboxylic acids is 1. The standard InChI is InChI=1S/C17H19BrN2O/c1-12(2)14-9-7-13(8-10-14)11-20(3)17(21)15-5-4-6-16(18)19-15/h4-10,12H,11H2,1-3H3. The van der Waals surface area contributed by atoms with Crippen molar-refractivity contribution in [1.82, 2.24) is 9.88 Å². The summed E-state index contributed by atoms with van der Waals surface area (Å²) in [6.07, 6.45) is 0. The van der Waals surface area contributed by atoms with Crippen molar-refractivity contribution in [3.63, 3.8) is 0 Å². The summed E-state index contributed by atoms with van der Waals surface area (Å²) >= 11 is 3.29. The van der Waals surface area contributed by atoms with Crippen molar-refractivity contribution < 1.29 is 4.79 Å². The van der Waals surface area contributed by atoms with E-state index in [-0.39, 0.29) is 5.91 Å². The van der Waals surface area contributed by atoms with Crippen molar-refractivity contribution in [2.75, 3.05) is 7.05 Å². The van der Waals surface area contributed by atoms with Gasteiger partial charge in [-0.3, -0.25) is 4.79 Å². The van der Waals surface area contributed by atoms with E-state index in [0.29, 0.717) is 22.8 Å². The highest BCUT2D eigenvalue weighted by Crippen LogP contribution is 2.16. The molecule has 0 fully saturated rings. The number of aromatic nitrogens is 1. The van der Waals surface area contributed by atoms with Gasteiger partial charge in [0.15, 0.2) is 0 Å². The summed E-state index contributed by atoms with van der Waals surface area (Å²) in [5.41, 5.74) is 2.87. The molecule has 0 aliphatic rings. The molecule has 0 aliphatic heterocycles. The normalized spacial score (nSPS) is 10.7. The first-order valence-corrected chi connectivity index (χ1v) is 7.73. The molecule has 0 saturated carbocycles. The minimum atomic E-state index is -0.0794. The highest BCUT2D eigenvalue weighted by Gasteiger charge is 2.13. The molecule has 3 nitrogen and oxygen atoms in total. The van der Waals surface area contributed by atoms with Gasteiger partial charge in [-0.1, -0.05) is 44.2 Å². The van der Waals surface area contributed by atoms with Crippen LogP contribution in [0.1, 0.15) is 41.4 Å². The van der Waals surface area contributed by atoms with Gasteiger partial charge < -0.3 is 4.90 Å². The fraction of sp³-hybridized carbons (Fsp3) is 0.294. The van der Waals surface area contributed by atoms with Gasteiger partial charge in [0.1, 0.15) is 10.3 Å². The summed E-state index contributed by atoms with van der Waals surface area (Å²) < 4.78 is 0.669. The molecule has 21 heavy (non-hydrogen) atoms. The second-order valence-corrected chi connectivity index (χ2v) is 6.22. The van der Waals surface area contributed by atoms with Gasteiger partial charge in [0.25, 0.3) is 5.91 Å². The Bertz CT molecular complexity index is 623. The molecule has 0 N–H and O–H groups in total. The molecule has 0 radical (unpaired) electrons. The Labute approximate surface area is 134 Å². The smallest absolute Gasteiger partial charge is 0.272 e. The minimum absolute atomic E-state index is 0.0794. The van der Waals surface area contributed by atoms with Crippen LogP contribution in [0.3, 0.4) is 0 Å². The van der Waals surface area contributed by atoms with Gasteiger partial charge >= 0.3 is 0 Å². The maximum Gasteiger partial charge on any atom is 0.272 e. The van der Waals surface area contributed by atoms with Gasteiger partial charge in [0.05, 0.1) is 0 Å². The molecular formula is C17H19BrN2O. The van der Waals surface area contributed by atoms with Crippen LogP contribution in [0, 0.1) is 0 Å². The van der Waals surface area contributed by atoms with Crippen LogP contribution in [0.2, 0.25) is 0 Å². The second kappa shape index (κ2) is 6.85. The van der Waals surface area contributed by atoms with E-state index in [2.05, 4.69) is 59.0 Å². The third-order valence-corrected chi connectivity index (χ3v) is 3.79. The molecule has 0 saturated heterocycles. The number of hydrogen-bond donors (Lipinski definition) is 0. The van der Waals surface area contributed by atoms with Crippen LogP contribution in [-0.2, 0) is 6.54 Å². The Morgan fingerprint density at radius 1 is 1.19 bits per heavy atom. The molecular weight excluding hydrogens is 328 g/mol. The fourth-order valence-electron chi connectivity index (χ4n) is 2.08. The zero-order chi connectivity index (χ0) is 15.4. The summed E-state index contributed by atoms with van der Waals surface area (Å²) in [5, 5.41) is 0. The van der Waals surface area contributed by atoms with E-state index in [1.807, 2.05) is 6.07 Å². The fourth-order valence-corrected chi connectivity index (χ4v) is 2.42. The highest BCUT2D eigenvalue weighted by molar-refractivity contribution is 9.10. The lowest BCUT2D eigenvalue weighted by molar-refractivity contribution is 0.0779. The Morgan fingerprint density at radius 2 is 1.86 bits per heavy atom. The first-order valence-electron chi connectivity index (χ1n) is 6.94. The van der Waals surface area contributed by atoms with Crippen LogP contribution in [0.15, 0.2) is 47.1 Å². The molecule has 4 heteroatoms. The molecule has 2 aromatic rings. The van der Waals surface area contributed by atoms with Crippen molar-refractivity contribution in [3.05, 3.63) is 63.9 Å². The van der Waals surface area contributed by atoms with Gasteiger partial charge in [-0.2, -0.15) is 0 Å². The Kier molecular flexibility index (Phi) is 5.12. The Hall–Kier alpha value is -1.68. The molecule has 110 valence electrons. The van der Waals surface area contributed by atoms with Crippen LogP contribution in [-0.4, -0.2) is 22.8 Å². The Balaban J connectivity index is 2.07. The van der Waals surface area contributed by atoms with Crippen LogP contribution in [0.5, 0.6) is 0 Å². The maximum atomic E-state index is 12.3. The quantitative estimate of drug-likeness (QED) is 0.775. The first kappa shape index (κ1) is 15.7. The second-order valence-electron chi connectivity index (χ2n) is 5.40. The third-order valence-electron chi connectivity index (χ3n) is 3.35. The van der Waals surface area contributed by atoms with Gasteiger partial charge in [-0.05, 0) is 45.1 Å². The molecule has 0 atom stereocenters. The van der Waals surface area contributed by atoms with Crippen LogP contribution < -0.4 is 0 Å². The number of benzene rings is 1. The molecule has 0 unspecified atom stereocenters. The average molecular weight is 347 g/mol. The number of carbonyl (C=O) groups is 1. The predicted octanol–water partition coefficient (Wildman–Crippen LogP) is 4.24. The van der Waals surface area contributed by atoms with Crippen molar-refractivity contribution in [2.45, 2.75) is 26.3 Å². The first-order chi connectivity index (χ1) is 9.97. The lowest BCUT2D eigenvalue weighted by Gasteiger charge is -2.17. The number of hydrogen-bond acceptors (Lipinski definition) is 2. The zero-order valence-corrected chi connectivity index (χ0v) is 14.1. The molecule has 1 heterocycles. The highest BCUT2D eigenvalue weighted by atomic mass is 79.9. The van der Waals surface area contributed by atoms with E-state index < -0.39 is 0 Å². The monoisotopic (exact) mass is 346 g/mol. The van der Waals surface area contributed by atoms with E-state index in [1.54, 1.807) is 24.1 Å². The molecule has 1 aromatic carbocycles. The molecule has 1 amide bonds. The molecule has 0 spiro atoms. The summed E-state index contributed by atoms with van der Waals surface area (Å²) in [6, 6.07) is 13.7. The maximum absolute atomic E-state index is 12.3. The van der Waals surface area contributed by atoms with Crippen molar-refractivity contribution in [2.24, 2.45) is 0 Å². The Morgan fingerprint density at radius 3 is 2.43 bits per heavy atom. The number of nitrogens with zero attached hydrogens (tertiary/aromatic N) is 2. The number of halogens is 1. The predicted molar refractivity (Wildman–Crippen MR) is 88.3 cm³/mol. The van der Waals surface area contributed by atoms with Gasteiger partial charge in [-0.25, -0.2) is 4.98 Å². The third kappa shape index (κ3) is 4.14. The van der Waals surface area contributed by atoms with Gasteiger partial charge in [-0.15, -0.1) is 0 Å². The van der Waals surface area contributed by atoms with Crippen LogP contribution in [0.25, 0.3) is 0 Å². The lowest BCUT2D eigenvalue weighted by Crippen LogP contribution is -2.27. The van der Waals surface area contributed by atoms with Gasteiger partial charge in [0, 0.05) is 13.6 Å². The van der Waals surface area contributed by atoms with Crippen LogP contribution in [0.4, 0.5) is 0 Å². The summed E-state index contributed by atoms with van der Waals surface area (Å²) in [7, 11) is 1.79. The summed E-state index contributed by atoms with van der Waals surface area (Å²) in [5.74, 6) is 0.438. The molecule has 1 aromatic heterocycles. The summed E-state index contributed by atoms with van der Waals surface area (Å²) in [4.78, 5) is 18.2. The topological polar surface area (TPSA) is 33.2 Å². The SMILES string of the molecule is CC(C)c1ccc(CN(C)C(=O)c2cccc(Br)n2)cc1.